The Morgan fingerprint density at radius 2 is 2.04 bits per heavy atom. The standard InChI is InChI=1S/C21H21BrO6/c1-3-26-21(24)8-13-4-6-15(25-2)10-19(13)27-12-17-16-9-14(22)5-7-18(16)28-20(17)11-23/h4-7,9-10,23H,3,8,11-12H2,1-2H3. The number of fused-ring (bicyclic) bond motifs is 1. The minimum atomic E-state index is -0.328. The van der Waals surface area contributed by atoms with Gasteiger partial charge in [0.25, 0.3) is 0 Å². The average Bonchev–Trinajstić information content (AvgIpc) is 3.04. The summed E-state index contributed by atoms with van der Waals surface area (Å²) < 4.78 is 22.9. The van der Waals surface area contributed by atoms with E-state index in [1.807, 2.05) is 18.2 Å². The summed E-state index contributed by atoms with van der Waals surface area (Å²) in [6.45, 7) is 2.02. The normalized spacial score (nSPS) is 10.9. The number of ether oxygens (including phenoxy) is 3. The van der Waals surface area contributed by atoms with E-state index in [4.69, 9.17) is 18.6 Å². The number of methoxy groups -OCH3 is 1. The van der Waals surface area contributed by atoms with Gasteiger partial charge in [-0.15, -0.1) is 0 Å². The number of hydrogen-bond donors (Lipinski definition) is 1. The van der Waals surface area contributed by atoms with Gasteiger partial charge in [0, 0.05) is 27.1 Å². The number of halogens is 1. The zero-order chi connectivity index (χ0) is 20.1. The van der Waals surface area contributed by atoms with Gasteiger partial charge in [-0.25, -0.2) is 0 Å². The maximum atomic E-state index is 11.9. The summed E-state index contributed by atoms with van der Waals surface area (Å²) in [5, 5.41) is 10.5. The molecule has 0 spiro atoms. The predicted octanol–water partition coefficient (Wildman–Crippen LogP) is 4.38. The first-order valence-corrected chi connectivity index (χ1v) is 9.61. The van der Waals surface area contributed by atoms with Gasteiger partial charge in [0.15, 0.2) is 0 Å². The first kappa shape index (κ1) is 20.2. The first-order valence-electron chi connectivity index (χ1n) is 8.81. The van der Waals surface area contributed by atoms with E-state index in [0.29, 0.717) is 35.0 Å². The van der Waals surface area contributed by atoms with E-state index in [0.717, 1.165) is 15.4 Å². The van der Waals surface area contributed by atoms with E-state index >= 15 is 0 Å². The second-order valence-corrected chi connectivity index (χ2v) is 6.96. The van der Waals surface area contributed by atoms with Crippen molar-refractivity contribution in [3.05, 3.63) is 57.8 Å². The SMILES string of the molecule is CCOC(=O)Cc1ccc(OC)cc1OCc1c(CO)oc2ccc(Br)cc12. The molecule has 1 heterocycles. The fourth-order valence-corrected chi connectivity index (χ4v) is 3.28. The molecule has 0 saturated carbocycles. The van der Waals surface area contributed by atoms with Crippen LogP contribution in [0.5, 0.6) is 11.5 Å². The van der Waals surface area contributed by atoms with Gasteiger partial charge in [-0.3, -0.25) is 4.79 Å². The molecule has 0 bridgehead atoms. The Kier molecular flexibility index (Phi) is 6.59. The Morgan fingerprint density at radius 3 is 2.75 bits per heavy atom. The number of carbonyl (C=O) groups excluding carboxylic acids is 1. The Balaban J connectivity index is 1.90. The maximum Gasteiger partial charge on any atom is 0.310 e. The van der Waals surface area contributed by atoms with Gasteiger partial charge < -0.3 is 23.7 Å². The molecular formula is C21H21BrO6. The van der Waals surface area contributed by atoms with Crippen LogP contribution in [-0.4, -0.2) is 24.8 Å². The van der Waals surface area contributed by atoms with Crippen LogP contribution in [0.1, 0.15) is 23.8 Å². The van der Waals surface area contributed by atoms with Crippen molar-refractivity contribution in [1.29, 1.82) is 0 Å². The molecule has 0 aliphatic carbocycles. The van der Waals surface area contributed by atoms with Crippen molar-refractivity contribution >= 4 is 32.9 Å². The van der Waals surface area contributed by atoms with Crippen molar-refractivity contribution in [1.82, 2.24) is 0 Å². The molecule has 0 unspecified atom stereocenters. The number of hydrogen-bond acceptors (Lipinski definition) is 6. The van der Waals surface area contributed by atoms with E-state index in [2.05, 4.69) is 15.9 Å². The van der Waals surface area contributed by atoms with Crippen molar-refractivity contribution in [3.8, 4) is 11.5 Å². The molecule has 0 radical (unpaired) electrons. The fourth-order valence-electron chi connectivity index (χ4n) is 2.92. The molecule has 2 aromatic carbocycles. The van der Waals surface area contributed by atoms with Crippen LogP contribution in [0.15, 0.2) is 45.3 Å². The molecule has 0 amide bonds. The van der Waals surface area contributed by atoms with Gasteiger partial charge in [-0.2, -0.15) is 0 Å². The molecular weight excluding hydrogens is 428 g/mol. The molecule has 0 aliphatic rings. The van der Waals surface area contributed by atoms with Gasteiger partial charge in [-0.05, 0) is 31.2 Å². The average molecular weight is 449 g/mol. The van der Waals surface area contributed by atoms with E-state index in [-0.39, 0.29) is 25.6 Å². The van der Waals surface area contributed by atoms with E-state index in [1.54, 1.807) is 32.2 Å². The number of benzene rings is 2. The van der Waals surface area contributed by atoms with Crippen LogP contribution in [0, 0.1) is 0 Å². The second kappa shape index (κ2) is 9.12. The lowest BCUT2D eigenvalue weighted by Crippen LogP contribution is -2.09. The summed E-state index contributed by atoms with van der Waals surface area (Å²) >= 11 is 3.45. The van der Waals surface area contributed by atoms with Crippen molar-refractivity contribution in [2.75, 3.05) is 13.7 Å². The molecule has 0 aliphatic heterocycles. The van der Waals surface area contributed by atoms with Gasteiger partial charge in [0.2, 0.25) is 0 Å². The third-order valence-electron chi connectivity index (χ3n) is 4.27. The third-order valence-corrected chi connectivity index (χ3v) is 4.76. The summed E-state index contributed by atoms with van der Waals surface area (Å²) in [5.74, 6) is 1.25. The largest absolute Gasteiger partial charge is 0.497 e. The topological polar surface area (TPSA) is 78.1 Å². The molecule has 0 saturated heterocycles. The first-order chi connectivity index (χ1) is 13.5. The zero-order valence-electron chi connectivity index (χ0n) is 15.7. The van der Waals surface area contributed by atoms with E-state index < -0.39 is 0 Å². The Labute approximate surface area is 171 Å². The summed E-state index contributed by atoms with van der Waals surface area (Å²) in [4.78, 5) is 11.9. The second-order valence-electron chi connectivity index (χ2n) is 6.05. The molecule has 0 fully saturated rings. The minimum Gasteiger partial charge on any atom is -0.497 e. The van der Waals surface area contributed by atoms with Crippen molar-refractivity contribution in [2.45, 2.75) is 26.6 Å². The molecule has 3 aromatic rings. The van der Waals surface area contributed by atoms with E-state index in [9.17, 15) is 9.90 Å². The Morgan fingerprint density at radius 1 is 1.21 bits per heavy atom. The number of aliphatic hydroxyl groups excluding tert-OH is 1. The molecule has 6 nitrogen and oxygen atoms in total. The van der Waals surface area contributed by atoms with Gasteiger partial charge >= 0.3 is 5.97 Å². The molecule has 7 heteroatoms. The molecule has 148 valence electrons. The van der Waals surface area contributed by atoms with Gasteiger partial charge in [0.1, 0.15) is 36.1 Å². The van der Waals surface area contributed by atoms with Crippen molar-refractivity contribution in [2.24, 2.45) is 0 Å². The van der Waals surface area contributed by atoms with Crippen LogP contribution in [0.2, 0.25) is 0 Å². The van der Waals surface area contributed by atoms with Crippen molar-refractivity contribution < 1.29 is 28.5 Å². The summed E-state index contributed by atoms with van der Waals surface area (Å²) in [5.41, 5.74) is 2.12. The van der Waals surface area contributed by atoms with Crippen LogP contribution in [0.3, 0.4) is 0 Å². The van der Waals surface area contributed by atoms with Crippen LogP contribution in [0.4, 0.5) is 0 Å². The lowest BCUT2D eigenvalue weighted by atomic mass is 10.1. The quantitative estimate of drug-likeness (QED) is 0.515. The van der Waals surface area contributed by atoms with Crippen LogP contribution < -0.4 is 9.47 Å². The Bertz CT molecular complexity index is 978. The van der Waals surface area contributed by atoms with E-state index in [1.165, 1.54) is 0 Å². The van der Waals surface area contributed by atoms with Gasteiger partial charge in [-0.1, -0.05) is 22.0 Å². The number of esters is 1. The lowest BCUT2D eigenvalue weighted by molar-refractivity contribution is -0.142. The predicted molar refractivity (Wildman–Crippen MR) is 107 cm³/mol. The molecule has 3 rings (SSSR count). The highest BCUT2D eigenvalue weighted by molar-refractivity contribution is 9.10. The maximum absolute atomic E-state index is 11.9. The number of furan rings is 1. The van der Waals surface area contributed by atoms with Crippen LogP contribution in [-0.2, 0) is 29.2 Å². The summed E-state index contributed by atoms with van der Waals surface area (Å²) in [6.07, 6.45) is 0.0949. The van der Waals surface area contributed by atoms with Crippen LogP contribution >= 0.6 is 15.9 Å². The van der Waals surface area contributed by atoms with Crippen molar-refractivity contribution in [3.63, 3.8) is 0 Å². The smallest absolute Gasteiger partial charge is 0.310 e. The number of carbonyl (C=O) groups is 1. The van der Waals surface area contributed by atoms with Gasteiger partial charge in [0.05, 0.1) is 20.1 Å². The number of rotatable bonds is 8. The highest BCUT2D eigenvalue weighted by Crippen LogP contribution is 2.32. The number of aliphatic hydroxyl groups is 1. The molecule has 28 heavy (non-hydrogen) atoms. The summed E-state index contributed by atoms with van der Waals surface area (Å²) in [6, 6.07) is 10.9. The third kappa shape index (κ3) is 4.48. The lowest BCUT2D eigenvalue weighted by Gasteiger charge is -2.13. The minimum absolute atomic E-state index is 0.0949. The Hall–Kier alpha value is -2.51. The highest BCUT2D eigenvalue weighted by Gasteiger charge is 2.17. The highest BCUT2D eigenvalue weighted by atomic mass is 79.9. The fraction of sp³-hybridized carbons (Fsp3) is 0.286. The summed E-state index contributed by atoms with van der Waals surface area (Å²) in [7, 11) is 1.56. The zero-order valence-corrected chi connectivity index (χ0v) is 17.2. The molecule has 0 atom stereocenters. The molecule has 1 N–H and O–H groups in total. The monoisotopic (exact) mass is 448 g/mol. The van der Waals surface area contributed by atoms with Crippen LogP contribution in [0.25, 0.3) is 11.0 Å². The molecule has 1 aromatic heterocycles.